The number of aromatic hydroxyl groups is 1. The van der Waals surface area contributed by atoms with Gasteiger partial charge in [0.25, 0.3) is 11.6 Å². The van der Waals surface area contributed by atoms with Crippen molar-refractivity contribution in [1.82, 2.24) is 5.43 Å². The summed E-state index contributed by atoms with van der Waals surface area (Å²) in [5.41, 5.74) is 3.28. The molecule has 2 aromatic carbocycles. The van der Waals surface area contributed by atoms with Gasteiger partial charge in [0.1, 0.15) is 10.8 Å². The van der Waals surface area contributed by atoms with Crippen LogP contribution in [0.25, 0.3) is 0 Å². The number of hydrogen-bond acceptors (Lipinski definition) is 5. The number of nitrogens with zero attached hydrogens (tertiary/aromatic N) is 2. The highest BCUT2D eigenvalue weighted by molar-refractivity contribution is 6.32. The van der Waals surface area contributed by atoms with E-state index < -0.39 is 10.8 Å². The van der Waals surface area contributed by atoms with Crippen molar-refractivity contribution in [3.63, 3.8) is 0 Å². The Balaban J connectivity index is 2.16. The zero-order valence-electron chi connectivity index (χ0n) is 12.0. The molecule has 118 valence electrons. The van der Waals surface area contributed by atoms with Crippen molar-refractivity contribution in [2.75, 3.05) is 0 Å². The summed E-state index contributed by atoms with van der Waals surface area (Å²) in [7, 11) is 0. The zero-order chi connectivity index (χ0) is 17.0. The number of phenols is 1. The van der Waals surface area contributed by atoms with E-state index in [1.807, 2.05) is 0 Å². The van der Waals surface area contributed by atoms with Crippen molar-refractivity contribution in [1.29, 1.82) is 0 Å². The Labute approximate surface area is 136 Å². The Morgan fingerprint density at radius 3 is 2.43 bits per heavy atom. The second-order valence-corrected chi connectivity index (χ2v) is 5.02. The van der Waals surface area contributed by atoms with E-state index in [1.54, 1.807) is 13.0 Å². The Morgan fingerprint density at radius 2 is 1.83 bits per heavy atom. The molecule has 1 amide bonds. The highest BCUT2D eigenvalue weighted by atomic mass is 35.5. The number of nitro benzene ring substituents is 1. The molecule has 0 saturated carbocycles. The second kappa shape index (κ2) is 6.89. The number of nitro groups is 1. The van der Waals surface area contributed by atoms with Gasteiger partial charge in [-0.25, -0.2) is 5.43 Å². The Bertz CT molecular complexity index is 788. The van der Waals surface area contributed by atoms with E-state index in [4.69, 9.17) is 11.6 Å². The quantitative estimate of drug-likeness (QED) is 0.509. The van der Waals surface area contributed by atoms with E-state index in [0.717, 1.165) is 0 Å². The minimum Gasteiger partial charge on any atom is -0.508 e. The van der Waals surface area contributed by atoms with Gasteiger partial charge in [-0.2, -0.15) is 5.10 Å². The summed E-state index contributed by atoms with van der Waals surface area (Å²) in [5, 5.41) is 24.0. The summed E-state index contributed by atoms with van der Waals surface area (Å²) in [6.45, 7) is 1.60. The summed E-state index contributed by atoms with van der Waals surface area (Å²) < 4.78 is 0. The molecule has 0 aliphatic heterocycles. The van der Waals surface area contributed by atoms with Gasteiger partial charge in [-0.05, 0) is 37.3 Å². The molecule has 0 saturated heterocycles. The molecule has 0 unspecified atom stereocenters. The van der Waals surface area contributed by atoms with Crippen LogP contribution in [0.1, 0.15) is 22.8 Å². The summed E-state index contributed by atoms with van der Waals surface area (Å²) in [6, 6.07) is 9.91. The molecule has 23 heavy (non-hydrogen) atoms. The summed E-state index contributed by atoms with van der Waals surface area (Å²) in [5.74, 6) is -0.414. The van der Waals surface area contributed by atoms with Crippen molar-refractivity contribution >= 4 is 28.9 Å². The molecule has 0 aromatic heterocycles. The van der Waals surface area contributed by atoms with Crippen LogP contribution < -0.4 is 5.43 Å². The fraction of sp³-hybridized carbons (Fsp3) is 0.0667. The average Bonchev–Trinajstić information content (AvgIpc) is 2.53. The molecule has 0 aliphatic carbocycles. The molecule has 8 heteroatoms. The highest BCUT2D eigenvalue weighted by Crippen LogP contribution is 2.25. The van der Waals surface area contributed by atoms with Crippen LogP contribution in [-0.4, -0.2) is 21.6 Å². The summed E-state index contributed by atoms with van der Waals surface area (Å²) >= 11 is 5.74. The number of carbonyl (C=O) groups is 1. The standard InChI is InChI=1S/C15H12ClN3O4/c1-9(11-4-7-13(16)14(8-11)19(22)23)17-18-15(21)10-2-5-12(20)6-3-10/h2-8,20H,1H3,(H,18,21)/b17-9-. The average molecular weight is 334 g/mol. The van der Waals surface area contributed by atoms with Crippen molar-refractivity contribution in [2.24, 2.45) is 5.10 Å². The van der Waals surface area contributed by atoms with Gasteiger partial charge in [0.15, 0.2) is 0 Å². The van der Waals surface area contributed by atoms with E-state index >= 15 is 0 Å². The Kier molecular flexibility index (Phi) is 4.92. The fourth-order valence-corrected chi connectivity index (χ4v) is 1.94. The maximum Gasteiger partial charge on any atom is 0.288 e. The van der Waals surface area contributed by atoms with Gasteiger partial charge in [-0.1, -0.05) is 17.7 Å². The van der Waals surface area contributed by atoms with E-state index in [0.29, 0.717) is 16.8 Å². The third-order valence-corrected chi connectivity index (χ3v) is 3.33. The minimum absolute atomic E-state index is 0.0275. The van der Waals surface area contributed by atoms with Gasteiger partial charge < -0.3 is 5.11 Å². The smallest absolute Gasteiger partial charge is 0.288 e. The van der Waals surface area contributed by atoms with Crippen molar-refractivity contribution in [3.05, 3.63) is 68.7 Å². The number of hydrogen-bond donors (Lipinski definition) is 2. The zero-order valence-corrected chi connectivity index (χ0v) is 12.7. The molecule has 0 radical (unpaired) electrons. The number of benzene rings is 2. The number of rotatable bonds is 4. The largest absolute Gasteiger partial charge is 0.508 e. The van der Waals surface area contributed by atoms with E-state index in [9.17, 15) is 20.0 Å². The molecule has 2 aromatic rings. The van der Waals surface area contributed by atoms with Gasteiger partial charge in [0.05, 0.1) is 10.6 Å². The number of amides is 1. The van der Waals surface area contributed by atoms with Crippen molar-refractivity contribution < 1.29 is 14.8 Å². The SMILES string of the molecule is C/C(=N/NC(=O)c1ccc(O)cc1)c1ccc(Cl)c([N+](=O)[O-])c1. The first-order valence-corrected chi connectivity index (χ1v) is 6.84. The predicted octanol–water partition coefficient (Wildman–Crippen LogP) is 3.11. The van der Waals surface area contributed by atoms with Crippen LogP contribution in [0.3, 0.4) is 0 Å². The van der Waals surface area contributed by atoms with E-state index in [2.05, 4.69) is 10.5 Å². The number of halogens is 1. The number of carbonyl (C=O) groups excluding carboxylic acids is 1. The predicted molar refractivity (Wildman–Crippen MR) is 85.9 cm³/mol. The second-order valence-electron chi connectivity index (χ2n) is 4.61. The number of phenolic OH excluding ortho intramolecular Hbond substituents is 1. The molecular formula is C15H12ClN3O4. The lowest BCUT2D eigenvalue weighted by Gasteiger charge is -2.04. The van der Waals surface area contributed by atoms with Gasteiger partial charge >= 0.3 is 0 Å². The third kappa shape index (κ3) is 4.04. The van der Waals surface area contributed by atoms with Crippen LogP contribution in [0.15, 0.2) is 47.6 Å². The van der Waals surface area contributed by atoms with E-state index in [1.165, 1.54) is 36.4 Å². The molecule has 0 spiro atoms. The molecule has 0 aliphatic rings. The topological polar surface area (TPSA) is 105 Å². The molecule has 0 fully saturated rings. The van der Waals surface area contributed by atoms with E-state index in [-0.39, 0.29) is 16.5 Å². The Hall–Kier alpha value is -2.93. The molecular weight excluding hydrogens is 322 g/mol. The normalized spacial score (nSPS) is 11.1. The lowest BCUT2D eigenvalue weighted by atomic mass is 10.1. The molecule has 2 N–H and O–H groups in total. The molecule has 2 rings (SSSR count). The van der Waals surface area contributed by atoms with Crippen LogP contribution in [-0.2, 0) is 0 Å². The lowest BCUT2D eigenvalue weighted by molar-refractivity contribution is -0.384. The van der Waals surface area contributed by atoms with Crippen LogP contribution in [0.5, 0.6) is 5.75 Å². The first-order valence-electron chi connectivity index (χ1n) is 6.46. The van der Waals surface area contributed by atoms with Crippen LogP contribution in [0.2, 0.25) is 5.02 Å². The van der Waals surface area contributed by atoms with Crippen molar-refractivity contribution in [2.45, 2.75) is 6.92 Å². The van der Waals surface area contributed by atoms with Gasteiger partial charge in [0, 0.05) is 17.2 Å². The first kappa shape index (κ1) is 16.4. The molecule has 0 bridgehead atoms. The van der Waals surface area contributed by atoms with Crippen LogP contribution in [0.4, 0.5) is 5.69 Å². The molecule has 7 nitrogen and oxygen atoms in total. The molecule has 0 atom stereocenters. The number of hydrazone groups is 1. The fourth-order valence-electron chi connectivity index (χ4n) is 1.75. The number of nitrogens with one attached hydrogen (secondary N) is 1. The van der Waals surface area contributed by atoms with Crippen LogP contribution >= 0.6 is 11.6 Å². The van der Waals surface area contributed by atoms with Gasteiger partial charge in [0.2, 0.25) is 0 Å². The third-order valence-electron chi connectivity index (χ3n) is 3.02. The van der Waals surface area contributed by atoms with Crippen molar-refractivity contribution in [3.8, 4) is 5.75 Å². The molecule has 0 heterocycles. The first-order chi connectivity index (χ1) is 10.9. The maximum atomic E-state index is 11.9. The van der Waals surface area contributed by atoms with Crippen LogP contribution in [0, 0.1) is 10.1 Å². The maximum absolute atomic E-state index is 11.9. The highest BCUT2D eigenvalue weighted by Gasteiger charge is 2.14. The van der Waals surface area contributed by atoms with Gasteiger partial charge in [-0.3, -0.25) is 14.9 Å². The minimum atomic E-state index is -0.589. The Morgan fingerprint density at radius 1 is 1.22 bits per heavy atom. The van der Waals surface area contributed by atoms with Gasteiger partial charge in [-0.15, -0.1) is 0 Å². The summed E-state index contributed by atoms with van der Waals surface area (Å²) in [6.07, 6.45) is 0. The summed E-state index contributed by atoms with van der Waals surface area (Å²) in [4.78, 5) is 22.2. The lowest BCUT2D eigenvalue weighted by Crippen LogP contribution is -2.19. The monoisotopic (exact) mass is 333 g/mol.